The molecule has 5 nitrogen and oxygen atoms in total. The van der Waals surface area contributed by atoms with Crippen LogP contribution in [0, 0.1) is 0 Å². The number of rotatable bonds is 2. The van der Waals surface area contributed by atoms with Crippen LogP contribution in [0.2, 0.25) is 0 Å². The van der Waals surface area contributed by atoms with Crippen LogP contribution in [0.1, 0.15) is 49.4 Å². The fraction of sp³-hybridized carbons (Fsp3) is 0.714. The van der Waals surface area contributed by atoms with Gasteiger partial charge in [0.05, 0.1) is 12.8 Å². The number of aromatic nitrogens is 2. The first-order valence-electron chi connectivity index (χ1n) is 7.31. The first-order chi connectivity index (χ1) is 9.31. The van der Waals surface area contributed by atoms with Crippen molar-refractivity contribution >= 4 is 5.91 Å². The SMILES string of the molecule is CCC1CCCCN1C(=O)c1cnn2c1OCCC2. The number of carbonyl (C=O) groups is 1. The maximum Gasteiger partial charge on any atom is 0.261 e. The molecule has 2 aliphatic heterocycles. The average molecular weight is 263 g/mol. The quantitative estimate of drug-likeness (QED) is 0.820. The van der Waals surface area contributed by atoms with Crippen LogP contribution in [0.3, 0.4) is 0 Å². The van der Waals surface area contributed by atoms with Gasteiger partial charge in [-0.2, -0.15) is 5.10 Å². The van der Waals surface area contributed by atoms with Crippen LogP contribution in [0.4, 0.5) is 0 Å². The lowest BCUT2D eigenvalue weighted by atomic mass is 9.99. The van der Waals surface area contributed by atoms with Gasteiger partial charge in [-0.05, 0) is 25.7 Å². The van der Waals surface area contributed by atoms with Crippen molar-refractivity contribution in [3.8, 4) is 5.88 Å². The summed E-state index contributed by atoms with van der Waals surface area (Å²) in [5.74, 6) is 0.756. The molecule has 1 atom stereocenters. The van der Waals surface area contributed by atoms with E-state index < -0.39 is 0 Å². The number of hydrogen-bond acceptors (Lipinski definition) is 3. The second-order valence-corrected chi connectivity index (χ2v) is 5.34. The predicted octanol–water partition coefficient (Wildman–Crippen LogP) is 2.07. The van der Waals surface area contributed by atoms with Crippen LogP contribution in [-0.2, 0) is 6.54 Å². The zero-order valence-electron chi connectivity index (χ0n) is 11.5. The normalized spacial score (nSPS) is 22.8. The zero-order chi connectivity index (χ0) is 13.2. The minimum atomic E-state index is 0.0923. The smallest absolute Gasteiger partial charge is 0.261 e. The molecule has 104 valence electrons. The maximum absolute atomic E-state index is 12.7. The van der Waals surface area contributed by atoms with Crippen molar-refractivity contribution < 1.29 is 9.53 Å². The molecular formula is C14H21N3O2. The van der Waals surface area contributed by atoms with Gasteiger partial charge in [0.1, 0.15) is 5.56 Å². The van der Waals surface area contributed by atoms with Gasteiger partial charge in [0.2, 0.25) is 5.88 Å². The molecule has 1 fully saturated rings. The Hall–Kier alpha value is -1.52. The number of piperidine rings is 1. The molecule has 0 aliphatic carbocycles. The zero-order valence-corrected chi connectivity index (χ0v) is 11.5. The lowest BCUT2D eigenvalue weighted by molar-refractivity contribution is 0.0601. The largest absolute Gasteiger partial charge is 0.477 e. The highest BCUT2D eigenvalue weighted by Crippen LogP contribution is 2.27. The predicted molar refractivity (Wildman–Crippen MR) is 71.3 cm³/mol. The molecule has 1 saturated heterocycles. The van der Waals surface area contributed by atoms with Crippen molar-refractivity contribution in [3.63, 3.8) is 0 Å². The molecule has 1 aromatic rings. The number of ether oxygens (including phenoxy) is 1. The number of carbonyl (C=O) groups excluding carboxylic acids is 1. The molecule has 0 bridgehead atoms. The summed E-state index contributed by atoms with van der Waals surface area (Å²) in [6, 6.07) is 0.375. The number of aryl methyl sites for hydroxylation is 1. The summed E-state index contributed by atoms with van der Waals surface area (Å²) in [5.41, 5.74) is 0.639. The topological polar surface area (TPSA) is 47.4 Å². The van der Waals surface area contributed by atoms with Crippen molar-refractivity contribution in [1.82, 2.24) is 14.7 Å². The number of likely N-dealkylation sites (tertiary alicyclic amines) is 1. The van der Waals surface area contributed by atoms with Crippen LogP contribution in [0.15, 0.2) is 6.20 Å². The van der Waals surface area contributed by atoms with Crippen LogP contribution in [-0.4, -0.2) is 39.8 Å². The number of fused-ring (bicyclic) bond motifs is 1. The highest BCUT2D eigenvalue weighted by molar-refractivity contribution is 5.96. The third kappa shape index (κ3) is 2.22. The van der Waals surface area contributed by atoms with Gasteiger partial charge in [-0.3, -0.25) is 4.79 Å². The van der Waals surface area contributed by atoms with Crippen LogP contribution in [0.5, 0.6) is 5.88 Å². The molecule has 2 aliphatic rings. The van der Waals surface area contributed by atoms with Gasteiger partial charge in [0.15, 0.2) is 0 Å². The molecule has 0 spiro atoms. The van der Waals surface area contributed by atoms with E-state index >= 15 is 0 Å². The second-order valence-electron chi connectivity index (χ2n) is 5.34. The summed E-state index contributed by atoms with van der Waals surface area (Å²) in [7, 11) is 0. The fourth-order valence-corrected chi connectivity index (χ4v) is 3.06. The van der Waals surface area contributed by atoms with Gasteiger partial charge in [0.25, 0.3) is 5.91 Å². The van der Waals surface area contributed by atoms with Crippen molar-refractivity contribution in [2.75, 3.05) is 13.2 Å². The maximum atomic E-state index is 12.7. The molecule has 5 heteroatoms. The molecule has 0 radical (unpaired) electrons. The van der Waals surface area contributed by atoms with Crippen molar-refractivity contribution in [2.24, 2.45) is 0 Å². The van der Waals surface area contributed by atoms with Gasteiger partial charge in [-0.15, -0.1) is 0 Å². The molecule has 1 unspecified atom stereocenters. The second kappa shape index (κ2) is 5.23. The summed E-state index contributed by atoms with van der Waals surface area (Å²) < 4.78 is 7.44. The lowest BCUT2D eigenvalue weighted by Crippen LogP contribution is -2.43. The first kappa shape index (κ1) is 12.5. The van der Waals surface area contributed by atoms with E-state index in [0.717, 1.165) is 38.8 Å². The molecule has 0 aromatic carbocycles. The Balaban J connectivity index is 1.84. The molecule has 3 heterocycles. The number of nitrogens with zero attached hydrogens (tertiary/aromatic N) is 3. The highest BCUT2D eigenvalue weighted by Gasteiger charge is 2.30. The van der Waals surface area contributed by atoms with Gasteiger partial charge in [0, 0.05) is 25.6 Å². The standard InChI is InChI=1S/C14H21N3O2/c1-2-11-6-3-4-7-16(11)13(18)12-10-15-17-8-5-9-19-14(12)17/h10-11H,2-9H2,1H3. The van der Waals surface area contributed by atoms with E-state index in [-0.39, 0.29) is 5.91 Å². The van der Waals surface area contributed by atoms with E-state index in [9.17, 15) is 4.79 Å². The monoisotopic (exact) mass is 263 g/mol. The van der Waals surface area contributed by atoms with Crippen LogP contribution >= 0.6 is 0 Å². The molecular weight excluding hydrogens is 242 g/mol. The minimum Gasteiger partial charge on any atom is -0.477 e. The highest BCUT2D eigenvalue weighted by atomic mass is 16.5. The molecule has 19 heavy (non-hydrogen) atoms. The van der Waals surface area contributed by atoms with E-state index in [0.29, 0.717) is 24.1 Å². The average Bonchev–Trinajstić information content (AvgIpc) is 2.90. The van der Waals surface area contributed by atoms with E-state index in [4.69, 9.17) is 4.74 Å². The van der Waals surface area contributed by atoms with E-state index in [1.165, 1.54) is 6.42 Å². The summed E-state index contributed by atoms with van der Waals surface area (Å²) >= 11 is 0. The summed E-state index contributed by atoms with van der Waals surface area (Å²) in [6.45, 7) is 4.55. The lowest BCUT2D eigenvalue weighted by Gasteiger charge is -2.35. The van der Waals surface area contributed by atoms with Gasteiger partial charge < -0.3 is 9.64 Å². The van der Waals surface area contributed by atoms with Crippen molar-refractivity contribution in [2.45, 2.75) is 51.6 Å². The summed E-state index contributed by atoms with van der Waals surface area (Å²) in [6.07, 6.45) is 7.11. The van der Waals surface area contributed by atoms with E-state index in [2.05, 4.69) is 12.0 Å². The summed E-state index contributed by atoms with van der Waals surface area (Å²) in [4.78, 5) is 14.7. The van der Waals surface area contributed by atoms with Gasteiger partial charge in [-0.25, -0.2) is 4.68 Å². The Morgan fingerprint density at radius 1 is 1.42 bits per heavy atom. The molecule has 0 saturated carbocycles. The van der Waals surface area contributed by atoms with Gasteiger partial charge >= 0.3 is 0 Å². The Labute approximate surface area is 113 Å². The Kier molecular flexibility index (Phi) is 3.44. The third-order valence-corrected chi connectivity index (χ3v) is 4.13. The Bertz CT molecular complexity index is 469. The number of amides is 1. The number of hydrogen-bond donors (Lipinski definition) is 0. The van der Waals surface area contributed by atoms with E-state index in [1.807, 2.05) is 9.58 Å². The fourth-order valence-electron chi connectivity index (χ4n) is 3.06. The Morgan fingerprint density at radius 2 is 2.32 bits per heavy atom. The molecule has 1 aromatic heterocycles. The third-order valence-electron chi connectivity index (χ3n) is 4.13. The van der Waals surface area contributed by atoms with Gasteiger partial charge in [-0.1, -0.05) is 6.92 Å². The van der Waals surface area contributed by atoms with E-state index in [1.54, 1.807) is 6.20 Å². The summed E-state index contributed by atoms with van der Waals surface area (Å²) in [5, 5.41) is 4.27. The molecule has 3 rings (SSSR count). The first-order valence-corrected chi connectivity index (χ1v) is 7.31. The minimum absolute atomic E-state index is 0.0923. The Morgan fingerprint density at radius 3 is 3.16 bits per heavy atom. The van der Waals surface area contributed by atoms with Crippen molar-refractivity contribution in [1.29, 1.82) is 0 Å². The van der Waals surface area contributed by atoms with Crippen molar-refractivity contribution in [3.05, 3.63) is 11.8 Å². The molecule has 1 amide bonds. The molecule has 0 N–H and O–H groups in total. The van der Waals surface area contributed by atoms with Crippen LogP contribution < -0.4 is 4.74 Å². The van der Waals surface area contributed by atoms with Crippen LogP contribution in [0.25, 0.3) is 0 Å².